The van der Waals surface area contributed by atoms with Crippen LogP contribution in [0.3, 0.4) is 0 Å². The second-order valence-electron chi connectivity index (χ2n) is 7.49. The fourth-order valence-electron chi connectivity index (χ4n) is 3.34. The molecule has 0 bridgehead atoms. The van der Waals surface area contributed by atoms with Gasteiger partial charge in [0.1, 0.15) is 5.75 Å². The Balaban J connectivity index is 2.66. The van der Waals surface area contributed by atoms with E-state index < -0.39 is 0 Å². The van der Waals surface area contributed by atoms with Gasteiger partial charge in [-0.2, -0.15) is 0 Å². The summed E-state index contributed by atoms with van der Waals surface area (Å²) in [6.45, 7) is 16.5. The first-order valence-corrected chi connectivity index (χ1v) is 8.37. The summed E-state index contributed by atoms with van der Waals surface area (Å²) in [4.78, 5) is 0. The highest BCUT2D eigenvalue weighted by Crippen LogP contribution is 2.44. The van der Waals surface area contributed by atoms with Crippen molar-refractivity contribution in [3.63, 3.8) is 0 Å². The standard InChI is InChI=1S/C19H31NO/c1-8-21-18-15(12(2)3)11-16-14(17(18)13(4)5)9-10-19(6,7)20-16/h11-13,20H,8-10H2,1-7H3. The Morgan fingerprint density at radius 3 is 2.38 bits per heavy atom. The predicted molar refractivity (Wildman–Crippen MR) is 91.8 cm³/mol. The summed E-state index contributed by atoms with van der Waals surface area (Å²) in [7, 11) is 0. The molecular formula is C19H31NO. The van der Waals surface area contributed by atoms with Crippen LogP contribution in [0.15, 0.2) is 6.07 Å². The maximum atomic E-state index is 6.08. The molecule has 2 nitrogen and oxygen atoms in total. The maximum Gasteiger partial charge on any atom is 0.126 e. The van der Waals surface area contributed by atoms with Crippen molar-refractivity contribution in [2.45, 2.75) is 78.7 Å². The minimum atomic E-state index is 0.183. The predicted octanol–water partition coefficient (Wildman–Crippen LogP) is 5.47. The van der Waals surface area contributed by atoms with Crippen LogP contribution in [0.25, 0.3) is 0 Å². The SMILES string of the molecule is CCOc1c(C(C)C)cc2c(c1C(C)C)CCC(C)(C)N2. The first-order chi connectivity index (χ1) is 9.76. The third-order valence-electron chi connectivity index (χ3n) is 4.42. The zero-order chi connectivity index (χ0) is 15.8. The minimum absolute atomic E-state index is 0.183. The molecule has 0 aromatic heterocycles. The van der Waals surface area contributed by atoms with Crippen molar-refractivity contribution in [1.29, 1.82) is 0 Å². The molecule has 1 aromatic rings. The molecule has 1 aromatic carbocycles. The van der Waals surface area contributed by atoms with E-state index in [9.17, 15) is 0 Å². The highest BCUT2D eigenvalue weighted by atomic mass is 16.5. The lowest BCUT2D eigenvalue weighted by molar-refractivity contribution is 0.329. The van der Waals surface area contributed by atoms with Crippen LogP contribution >= 0.6 is 0 Å². The molecule has 118 valence electrons. The largest absolute Gasteiger partial charge is 0.493 e. The molecule has 0 saturated heterocycles. The van der Waals surface area contributed by atoms with E-state index in [1.165, 1.54) is 28.8 Å². The molecule has 1 N–H and O–H groups in total. The van der Waals surface area contributed by atoms with Gasteiger partial charge in [-0.1, -0.05) is 27.7 Å². The van der Waals surface area contributed by atoms with E-state index in [-0.39, 0.29) is 5.54 Å². The van der Waals surface area contributed by atoms with Gasteiger partial charge in [0.05, 0.1) is 6.61 Å². The van der Waals surface area contributed by atoms with Gasteiger partial charge in [0, 0.05) is 16.8 Å². The number of hydrogen-bond acceptors (Lipinski definition) is 2. The van der Waals surface area contributed by atoms with Gasteiger partial charge in [0.25, 0.3) is 0 Å². The van der Waals surface area contributed by atoms with Gasteiger partial charge in [-0.25, -0.2) is 0 Å². The van der Waals surface area contributed by atoms with Crippen LogP contribution in [-0.2, 0) is 6.42 Å². The monoisotopic (exact) mass is 289 g/mol. The quantitative estimate of drug-likeness (QED) is 0.793. The van der Waals surface area contributed by atoms with E-state index in [1.807, 2.05) is 0 Å². The smallest absolute Gasteiger partial charge is 0.126 e. The van der Waals surface area contributed by atoms with E-state index in [2.05, 4.69) is 59.8 Å². The van der Waals surface area contributed by atoms with Crippen molar-refractivity contribution >= 4 is 5.69 Å². The Bertz CT molecular complexity index is 515. The Kier molecular flexibility index (Phi) is 4.55. The van der Waals surface area contributed by atoms with Crippen molar-refractivity contribution in [3.8, 4) is 5.75 Å². The van der Waals surface area contributed by atoms with E-state index in [0.29, 0.717) is 11.8 Å². The number of hydrogen-bond donors (Lipinski definition) is 1. The van der Waals surface area contributed by atoms with Gasteiger partial charge in [0.15, 0.2) is 0 Å². The number of benzene rings is 1. The third-order valence-corrected chi connectivity index (χ3v) is 4.42. The van der Waals surface area contributed by atoms with Crippen LogP contribution in [0.4, 0.5) is 5.69 Å². The number of rotatable bonds is 4. The fraction of sp³-hybridized carbons (Fsp3) is 0.684. The second kappa shape index (κ2) is 5.90. The number of nitrogens with one attached hydrogen (secondary N) is 1. The van der Waals surface area contributed by atoms with Gasteiger partial charge in [0.2, 0.25) is 0 Å². The van der Waals surface area contributed by atoms with Crippen LogP contribution in [0.2, 0.25) is 0 Å². The summed E-state index contributed by atoms with van der Waals surface area (Å²) in [5.74, 6) is 2.10. The zero-order valence-electron chi connectivity index (χ0n) is 14.8. The molecule has 2 heteroatoms. The van der Waals surface area contributed by atoms with Crippen LogP contribution < -0.4 is 10.1 Å². The van der Waals surface area contributed by atoms with Gasteiger partial charge in [-0.05, 0) is 62.6 Å². The Morgan fingerprint density at radius 1 is 1.19 bits per heavy atom. The average Bonchev–Trinajstić information content (AvgIpc) is 2.36. The van der Waals surface area contributed by atoms with E-state index in [4.69, 9.17) is 4.74 Å². The third kappa shape index (κ3) is 3.20. The van der Waals surface area contributed by atoms with Crippen LogP contribution in [-0.4, -0.2) is 12.1 Å². The normalized spacial score (nSPS) is 16.8. The molecule has 0 fully saturated rings. The maximum absolute atomic E-state index is 6.08. The molecule has 1 heterocycles. The van der Waals surface area contributed by atoms with Gasteiger partial charge in [-0.15, -0.1) is 0 Å². The van der Waals surface area contributed by atoms with E-state index in [0.717, 1.165) is 18.8 Å². The van der Waals surface area contributed by atoms with Gasteiger partial charge < -0.3 is 10.1 Å². The first kappa shape index (κ1) is 16.2. The van der Waals surface area contributed by atoms with Gasteiger partial charge >= 0.3 is 0 Å². The van der Waals surface area contributed by atoms with E-state index in [1.54, 1.807) is 0 Å². The van der Waals surface area contributed by atoms with Crippen molar-refractivity contribution < 1.29 is 4.74 Å². The molecule has 0 unspecified atom stereocenters. The molecule has 0 saturated carbocycles. The molecule has 1 aliphatic heterocycles. The Labute approximate surface area is 130 Å². The topological polar surface area (TPSA) is 21.3 Å². The minimum Gasteiger partial charge on any atom is -0.493 e. The molecular weight excluding hydrogens is 258 g/mol. The second-order valence-corrected chi connectivity index (χ2v) is 7.49. The van der Waals surface area contributed by atoms with E-state index >= 15 is 0 Å². The molecule has 0 atom stereocenters. The lowest BCUT2D eigenvalue weighted by Gasteiger charge is -2.37. The number of ether oxygens (including phenoxy) is 1. The summed E-state index contributed by atoms with van der Waals surface area (Å²) < 4.78 is 6.08. The first-order valence-electron chi connectivity index (χ1n) is 8.37. The number of fused-ring (bicyclic) bond motifs is 1. The summed E-state index contributed by atoms with van der Waals surface area (Å²) in [5.41, 5.74) is 5.73. The zero-order valence-corrected chi connectivity index (χ0v) is 14.8. The van der Waals surface area contributed by atoms with Crippen molar-refractivity contribution in [2.75, 3.05) is 11.9 Å². The van der Waals surface area contributed by atoms with Crippen LogP contribution in [0.1, 0.15) is 83.4 Å². The van der Waals surface area contributed by atoms with Crippen LogP contribution in [0, 0.1) is 0 Å². The highest BCUT2D eigenvalue weighted by Gasteiger charge is 2.30. The molecule has 0 spiro atoms. The molecule has 0 amide bonds. The molecule has 0 radical (unpaired) electrons. The molecule has 2 rings (SSSR count). The van der Waals surface area contributed by atoms with Crippen molar-refractivity contribution in [3.05, 3.63) is 22.8 Å². The lowest BCUT2D eigenvalue weighted by atomic mass is 9.81. The lowest BCUT2D eigenvalue weighted by Crippen LogP contribution is -2.36. The molecule has 21 heavy (non-hydrogen) atoms. The Hall–Kier alpha value is -1.18. The molecule has 0 aliphatic carbocycles. The summed E-state index contributed by atoms with van der Waals surface area (Å²) >= 11 is 0. The molecule has 1 aliphatic rings. The fourth-order valence-corrected chi connectivity index (χ4v) is 3.34. The van der Waals surface area contributed by atoms with Crippen molar-refractivity contribution in [1.82, 2.24) is 0 Å². The van der Waals surface area contributed by atoms with Crippen LogP contribution in [0.5, 0.6) is 5.75 Å². The Morgan fingerprint density at radius 2 is 1.86 bits per heavy atom. The summed E-state index contributed by atoms with van der Waals surface area (Å²) in [6.07, 6.45) is 2.31. The number of anilines is 1. The van der Waals surface area contributed by atoms with Crippen molar-refractivity contribution in [2.24, 2.45) is 0 Å². The van der Waals surface area contributed by atoms with Gasteiger partial charge in [-0.3, -0.25) is 0 Å². The summed E-state index contributed by atoms with van der Waals surface area (Å²) in [6, 6.07) is 2.33. The summed E-state index contributed by atoms with van der Waals surface area (Å²) in [5, 5.41) is 3.74. The average molecular weight is 289 g/mol. The highest BCUT2D eigenvalue weighted by molar-refractivity contribution is 5.66.